The van der Waals surface area contributed by atoms with Gasteiger partial charge in [-0.05, 0) is 19.0 Å². The van der Waals surface area contributed by atoms with E-state index >= 15 is 0 Å². The van der Waals surface area contributed by atoms with Crippen LogP contribution in [0.4, 0.5) is 0 Å². The summed E-state index contributed by atoms with van der Waals surface area (Å²) in [5.41, 5.74) is 2.25. The van der Waals surface area contributed by atoms with Crippen LogP contribution in [0.5, 0.6) is 0 Å². The van der Waals surface area contributed by atoms with E-state index in [0.29, 0.717) is 6.04 Å². The third kappa shape index (κ3) is 1.74. The van der Waals surface area contributed by atoms with Gasteiger partial charge < -0.3 is 5.32 Å². The Morgan fingerprint density at radius 1 is 1.19 bits per heavy atom. The van der Waals surface area contributed by atoms with Crippen molar-refractivity contribution in [2.24, 2.45) is 0 Å². The normalized spacial score (nSPS) is 20.1. The van der Waals surface area contributed by atoms with Gasteiger partial charge in [0, 0.05) is 18.3 Å². The molecular weight excluding hydrogens is 198 g/mol. The molecule has 82 valence electrons. The molecule has 1 aromatic carbocycles. The molecule has 1 aliphatic rings. The van der Waals surface area contributed by atoms with Crippen LogP contribution in [0.2, 0.25) is 0 Å². The second kappa shape index (κ2) is 4.10. The fraction of sp³-hybridized carbons (Fsp3) is 0.308. The lowest BCUT2D eigenvalue weighted by molar-refractivity contribution is 0.492. The van der Waals surface area contributed by atoms with Crippen LogP contribution in [0.25, 0.3) is 11.3 Å². The predicted molar refractivity (Wildman–Crippen MR) is 64.2 cm³/mol. The van der Waals surface area contributed by atoms with Crippen molar-refractivity contribution in [2.75, 3.05) is 13.1 Å². The molecule has 1 fully saturated rings. The molecule has 1 N–H and O–H groups in total. The summed E-state index contributed by atoms with van der Waals surface area (Å²) in [5.74, 6) is 0. The molecule has 1 saturated heterocycles. The van der Waals surface area contributed by atoms with Crippen LogP contribution in [0.15, 0.2) is 42.6 Å². The Bertz CT molecular complexity index is 455. The van der Waals surface area contributed by atoms with Crippen LogP contribution in [0.1, 0.15) is 12.5 Å². The molecule has 2 aromatic rings. The highest BCUT2D eigenvalue weighted by atomic mass is 15.3. The number of aromatic nitrogens is 2. The Morgan fingerprint density at radius 2 is 2.06 bits per heavy atom. The Morgan fingerprint density at radius 3 is 2.81 bits per heavy atom. The van der Waals surface area contributed by atoms with Gasteiger partial charge in [-0.3, -0.25) is 4.68 Å². The Kier molecular flexibility index (Phi) is 2.46. The number of hydrogen-bond donors (Lipinski definition) is 1. The van der Waals surface area contributed by atoms with Gasteiger partial charge in [0.1, 0.15) is 0 Å². The molecule has 1 aliphatic heterocycles. The standard InChI is InChI=1S/C13H15N3/c1-2-4-11(5-3-1)13-7-9-16(15-13)12-6-8-14-10-12/h1-5,7,9,12,14H,6,8,10H2/t12-/m0/s1. The molecular formula is C13H15N3. The van der Waals surface area contributed by atoms with Crippen molar-refractivity contribution in [3.63, 3.8) is 0 Å². The fourth-order valence-electron chi connectivity index (χ4n) is 2.17. The number of nitrogens with one attached hydrogen (secondary N) is 1. The van der Waals surface area contributed by atoms with Crippen LogP contribution in [-0.2, 0) is 0 Å². The summed E-state index contributed by atoms with van der Waals surface area (Å²) in [6.45, 7) is 2.14. The van der Waals surface area contributed by atoms with Gasteiger partial charge in [0.05, 0.1) is 11.7 Å². The first-order valence-electron chi connectivity index (χ1n) is 5.75. The van der Waals surface area contributed by atoms with Gasteiger partial charge in [-0.1, -0.05) is 30.3 Å². The topological polar surface area (TPSA) is 29.9 Å². The summed E-state index contributed by atoms with van der Waals surface area (Å²) in [7, 11) is 0. The Balaban J connectivity index is 1.87. The lowest BCUT2D eigenvalue weighted by Crippen LogP contribution is -2.13. The maximum atomic E-state index is 4.64. The molecule has 0 aliphatic carbocycles. The summed E-state index contributed by atoms with van der Waals surface area (Å²) < 4.78 is 2.09. The highest BCUT2D eigenvalue weighted by Gasteiger charge is 2.17. The van der Waals surface area contributed by atoms with Crippen molar-refractivity contribution >= 4 is 0 Å². The molecule has 1 atom stereocenters. The largest absolute Gasteiger partial charge is 0.315 e. The van der Waals surface area contributed by atoms with E-state index in [2.05, 4.69) is 39.5 Å². The highest BCUT2D eigenvalue weighted by molar-refractivity contribution is 5.57. The SMILES string of the molecule is c1ccc(-c2ccn([C@H]3CCNC3)n2)cc1. The quantitative estimate of drug-likeness (QED) is 0.827. The van der Waals surface area contributed by atoms with E-state index in [1.54, 1.807) is 0 Å². The number of nitrogens with zero attached hydrogens (tertiary/aromatic N) is 2. The van der Waals surface area contributed by atoms with Gasteiger partial charge in [0.15, 0.2) is 0 Å². The van der Waals surface area contributed by atoms with Crippen LogP contribution >= 0.6 is 0 Å². The predicted octanol–water partition coefficient (Wildman–Crippen LogP) is 2.08. The lowest BCUT2D eigenvalue weighted by atomic mass is 10.2. The minimum atomic E-state index is 0.525. The van der Waals surface area contributed by atoms with E-state index in [9.17, 15) is 0 Å². The molecule has 0 radical (unpaired) electrons. The summed E-state index contributed by atoms with van der Waals surface area (Å²) >= 11 is 0. The van der Waals surface area contributed by atoms with Gasteiger partial charge in [0.2, 0.25) is 0 Å². The van der Waals surface area contributed by atoms with E-state index in [-0.39, 0.29) is 0 Å². The van der Waals surface area contributed by atoms with Crippen molar-refractivity contribution in [3.8, 4) is 11.3 Å². The zero-order valence-electron chi connectivity index (χ0n) is 9.13. The summed E-state index contributed by atoms with van der Waals surface area (Å²) in [6, 6.07) is 12.9. The minimum absolute atomic E-state index is 0.525. The molecule has 3 heteroatoms. The fourth-order valence-corrected chi connectivity index (χ4v) is 2.17. The zero-order valence-corrected chi connectivity index (χ0v) is 9.13. The smallest absolute Gasteiger partial charge is 0.0923 e. The molecule has 0 unspecified atom stereocenters. The van der Waals surface area contributed by atoms with Crippen molar-refractivity contribution in [1.82, 2.24) is 15.1 Å². The molecule has 0 saturated carbocycles. The van der Waals surface area contributed by atoms with Crippen molar-refractivity contribution in [1.29, 1.82) is 0 Å². The van der Waals surface area contributed by atoms with E-state index in [0.717, 1.165) is 18.8 Å². The van der Waals surface area contributed by atoms with Crippen LogP contribution in [0.3, 0.4) is 0 Å². The second-order valence-corrected chi connectivity index (χ2v) is 4.19. The molecule has 2 heterocycles. The first kappa shape index (κ1) is 9.60. The number of benzene rings is 1. The molecule has 1 aromatic heterocycles. The van der Waals surface area contributed by atoms with Gasteiger partial charge in [-0.25, -0.2) is 0 Å². The van der Waals surface area contributed by atoms with Crippen molar-refractivity contribution in [2.45, 2.75) is 12.5 Å². The second-order valence-electron chi connectivity index (χ2n) is 4.19. The maximum Gasteiger partial charge on any atom is 0.0923 e. The molecule has 0 amide bonds. The van der Waals surface area contributed by atoms with E-state index < -0.39 is 0 Å². The Hall–Kier alpha value is -1.61. The highest BCUT2D eigenvalue weighted by Crippen LogP contribution is 2.20. The van der Waals surface area contributed by atoms with Gasteiger partial charge in [-0.2, -0.15) is 5.10 Å². The first-order valence-corrected chi connectivity index (χ1v) is 5.75. The third-order valence-corrected chi connectivity index (χ3v) is 3.09. The summed E-state index contributed by atoms with van der Waals surface area (Å²) in [4.78, 5) is 0. The average Bonchev–Trinajstić information content (AvgIpc) is 3.01. The first-order chi connectivity index (χ1) is 7.93. The van der Waals surface area contributed by atoms with Gasteiger partial charge in [0.25, 0.3) is 0 Å². The van der Waals surface area contributed by atoms with Crippen LogP contribution < -0.4 is 5.32 Å². The zero-order chi connectivity index (χ0) is 10.8. The van der Waals surface area contributed by atoms with Gasteiger partial charge in [-0.15, -0.1) is 0 Å². The van der Waals surface area contributed by atoms with Crippen molar-refractivity contribution < 1.29 is 0 Å². The summed E-state index contributed by atoms with van der Waals surface area (Å²) in [6.07, 6.45) is 3.26. The van der Waals surface area contributed by atoms with Crippen molar-refractivity contribution in [3.05, 3.63) is 42.6 Å². The number of rotatable bonds is 2. The van der Waals surface area contributed by atoms with Crippen LogP contribution in [-0.4, -0.2) is 22.9 Å². The molecule has 16 heavy (non-hydrogen) atoms. The summed E-state index contributed by atoms with van der Waals surface area (Å²) in [5, 5.41) is 8.00. The number of hydrogen-bond acceptors (Lipinski definition) is 2. The molecule has 0 spiro atoms. The van der Waals surface area contributed by atoms with Crippen LogP contribution in [0, 0.1) is 0 Å². The monoisotopic (exact) mass is 213 g/mol. The maximum absolute atomic E-state index is 4.64. The van der Waals surface area contributed by atoms with Gasteiger partial charge >= 0.3 is 0 Å². The van der Waals surface area contributed by atoms with E-state index in [1.165, 1.54) is 12.0 Å². The molecule has 0 bridgehead atoms. The molecule has 3 nitrogen and oxygen atoms in total. The lowest BCUT2D eigenvalue weighted by Gasteiger charge is -2.07. The van der Waals surface area contributed by atoms with E-state index in [1.807, 2.05) is 18.2 Å². The minimum Gasteiger partial charge on any atom is -0.315 e. The third-order valence-electron chi connectivity index (χ3n) is 3.09. The molecule has 3 rings (SSSR count). The Labute approximate surface area is 95.1 Å². The van der Waals surface area contributed by atoms with E-state index in [4.69, 9.17) is 0 Å². The average molecular weight is 213 g/mol.